The molecular weight excluding hydrogens is 464 g/mol. The summed E-state index contributed by atoms with van der Waals surface area (Å²) in [7, 11) is 2.97. The highest BCUT2D eigenvalue weighted by molar-refractivity contribution is 6.44. The van der Waals surface area contributed by atoms with Gasteiger partial charge in [0.15, 0.2) is 17.3 Å². The molecule has 2 fully saturated rings. The Balaban J connectivity index is 1.66. The van der Waals surface area contributed by atoms with Gasteiger partial charge in [0.1, 0.15) is 11.7 Å². The Morgan fingerprint density at radius 1 is 1.03 bits per heavy atom. The van der Waals surface area contributed by atoms with Crippen molar-refractivity contribution in [3.63, 3.8) is 0 Å². The first-order chi connectivity index (χ1) is 17.3. The molecule has 192 valence electrons. The third-order valence-electron chi connectivity index (χ3n) is 6.89. The molecule has 2 heterocycles. The zero-order chi connectivity index (χ0) is 25.8. The number of carbonyl (C=O) groups is 3. The number of hydrogen-bond donors (Lipinski definition) is 1. The monoisotopic (exact) mass is 496 g/mol. The van der Waals surface area contributed by atoms with Gasteiger partial charge in [-0.25, -0.2) is 0 Å². The summed E-state index contributed by atoms with van der Waals surface area (Å²) in [5, 5.41) is 10.1. The number of benzene rings is 2. The predicted octanol–water partition coefficient (Wildman–Crippen LogP) is 2.39. The second-order valence-corrected chi connectivity index (χ2v) is 9.07. The van der Waals surface area contributed by atoms with E-state index < -0.39 is 29.4 Å². The highest BCUT2D eigenvalue weighted by Gasteiger charge is 2.51. The Labute approximate surface area is 210 Å². The molecule has 1 amide bonds. The van der Waals surface area contributed by atoms with E-state index in [0.29, 0.717) is 43.1 Å². The molecule has 2 aliphatic heterocycles. The molecule has 2 aromatic rings. The fraction of sp³-hybridized carbons (Fsp3) is 0.444. The third kappa shape index (κ3) is 5.08. The molecule has 36 heavy (non-hydrogen) atoms. The number of likely N-dealkylation sites (tertiary alicyclic amines) is 1. The van der Waals surface area contributed by atoms with Crippen molar-refractivity contribution >= 4 is 17.5 Å². The summed E-state index contributed by atoms with van der Waals surface area (Å²) in [5.41, 5.74) is 1.65. The van der Waals surface area contributed by atoms with Crippen molar-refractivity contribution in [3.05, 3.63) is 53.1 Å². The number of morpholine rings is 1. The highest BCUT2D eigenvalue weighted by Crippen LogP contribution is 2.41. The van der Waals surface area contributed by atoms with Crippen LogP contribution in [0.5, 0.6) is 17.2 Å². The van der Waals surface area contributed by atoms with Gasteiger partial charge in [-0.15, -0.1) is 0 Å². The number of Topliss-reactive ketones (excluding diaryl/α,β-unsaturated/α-hetero) is 2. The molecule has 2 unspecified atom stereocenters. The Hall–Kier alpha value is -3.43. The van der Waals surface area contributed by atoms with E-state index in [4.69, 9.17) is 14.2 Å². The Bertz CT molecular complexity index is 1140. The minimum Gasteiger partial charge on any atom is -0.504 e. The van der Waals surface area contributed by atoms with Crippen LogP contribution in [0.15, 0.2) is 36.4 Å². The number of hydrogen-bond acceptors (Lipinski definition) is 8. The first-order valence-corrected chi connectivity index (χ1v) is 12.1. The molecule has 2 atom stereocenters. The molecule has 4 rings (SSSR count). The SMILES string of the molecule is COc1ccc(C(=O)C2C(=O)C(=O)N(CCCN3CCOCC3)C2c2ccc(O)c(OC)c2)cc1C. The van der Waals surface area contributed by atoms with Crippen molar-refractivity contribution < 1.29 is 33.7 Å². The number of carbonyl (C=O) groups excluding carboxylic acids is 3. The Morgan fingerprint density at radius 3 is 2.42 bits per heavy atom. The van der Waals surface area contributed by atoms with Crippen LogP contribution in [0.1, 0.15) is 33.9 Å². The van der Waals surface area contributed by atoms with E-state index in [0.717, 1.165) is 25.2 Å². The zero-order valence-electron chi connectivity index (χ0n) is 20.9. The van der Waals surface area contributed by atoms with Crippen LogP contribution in [0, 0.1) is 12.8 Å². The van der Waals surface area contributed by atoms with Gasteiger partial charge in [-0.1, -0.05) is 6.07 Å². The number of amides is 1. The maximum absolute atomic E-state index is 13.7. The number of phenols is 1. The maximum atomic E-state index is 13.7. The molecule has 9 heteroatoms. The summed E-state index contributed by atoms with van der Waals surface area (Å²) in [5.74, 6) is -2.25. The molecule has 0 spiro atoms. The standard InChI is InChI=1S/C27H32N2O7/c1-17-15-19(6-8-21(17)34-2)25(31)23-24(18-5-7-20(30)22(16-18)35-3)29(27(33)26(23)32)10-4-9-28-11-13-36-14-12-28/h5-8,15-16,23-24,30H,4,9-14H2,1-3H3. The fourth-order valence-electron chi connectivity index (χ4n) is 4.98. The van der Waals surface area contributed by atoms with E-state index in [9.17, 15) is 19.5 Å². The summed E-state index contributed by atoms with van der Waals surface area (Å²) in [6, 6.07) is 8.83. The molecule has 2 aromatic carbocycles. The molecule has 9 nitrogen and oxygen atoms in total. The van der Waals surface area contributed by atoms with E-state index in [1.807, 2.05) is 6.92 Å². The van der Waals surface area contributed by atoms with Crippen molar-refractivity contribution in [2.45, 2.75) is 19.4 Å². The summed E-state index contributed by atoms with van der Waals surface area (Å²) in [6.07, 6.45) is 0.646. The lowest BCUT2D eigenvalue weighted by molar-refractivity contribution is -0.140. The number of aryl methyl sites for hydroxylation is 1. The molecule has 0 radical (unpaired) electrons. The predicted molar refractivity (Wildman–Crippen MR) is 132 cm³/mol. The Kier molecular flexibility index (Phi) is 7.91. The first-order valence-electron chi connectivity index (χ1n) is 12.1. The van der Waals surface area contributed by atoms with Gasteiger partial charge in [0, 0.05) is 31.7 Å². The van der Waals surface area contributed by atoms with E-state index >= 15 is 0 Å². The number of methoxy groups -OCH3 is 2. The van der Waals surface area contributed by atoms with Crippen molar-refractivity contribution in [1.29, 1.82) is 0 Å². The zero-order valence-corrected chi connectivity index (χ0v) is 20.9. The van der Waals surface area contributed by atoms with Crippen molar-refractivity contribution in [3.8, 4) is 17.2 Å². The van der Waals surface area contributed by atoms with Gasteiger partial charge in [0.2, 0.25) is 5.78 Å². The Morgan fingerprint density at radius 2 is 1.75 bits per heavy atom. The molecule has 0 aromatic heterocycles. The minimum absolute atomic E-state index is 0.0653. The average molecular weight is 497 g/mol. The third-order valence-corrected chi connectivity index (χ3v) is 6.89. The van der Waals surface area contributed by atoms with Gasteiger partial charge in [-0.3, -0.25) is 19.3 Å². The number of ketones is 2. The number of phenolic OH excluding ortho intramolecular Hbond substituents is 1. The molecule has 1 N–H and O–H groups in total. The van der Waals surface area contributed by atoms with Gasteiger partial charge in [-0.05, 0) is 54.8 Å². The second-order valence-electron chi connectivity index (χ2n) is 9.07. The largest absolute Gasteiger partial charge is 0.504 e. The molecular formula is C27H32N2O7. The summed E-state index contributed by atoms with van der Waals surface area (Å²) >= 11 is 0. The molecule has 0 bridgehead atoms. The topological polar surface area (TPSA) is 106 Å². The van der Waals surface area contributed by atoms with E-state index in [1.54, 1.807) is 37.4 Å². The quantitative estimate of drug-likeness (QED) is 0.321. The normalized spacial score (nSPS) is 20.6. The van der Waals surface area contributed by atoms with Gasteiger partial charge in [0.05, 0.1) is 33.5 Å². The second kappa shape index (κ2) is 11.1. The molecule has 2 aliphatic rings. The van der Waals surface area contributed by atoms with Gasteiger partial charge in [-0.2, -0.15) is 0 Å². The van der Waals surface area contributed by atoms with Crippen LogP contribution in [0.4, 0.5) is 0 Å². The molecule has 2 saturated heterocycles. The van der Waals surface area contributed by atoms with Crippen LogP contribution in [0.3, 0.4) is 0 Å². The summed E-state index contributed by atoms with van der Waals surface area (Å²) < 4.78 is 15.9. The lowest BCUT2D eigenvalue weighted by atomic mass is 9.85. The lowest BCUT2D eigenvalue weighted by Crippen LogP contribution is -2.39. The van der Waals surface area contributed by atoms with Crippen LogP contribution >= 0.6 is 0 Å². The number of nitrogens with zero attached hydrogens (tertiary/aromatic N) is 2. The number of aromatic hydroxyl groups is 1. The van der Waals surface area contributed by atoms with Crippen molar-refractivity contribution in [1.82, 2.24) is 9.80 Å². The van der Waals surface area contributed by atoms with Crippen LogP contribution in [0.2, 0.25) is 0 Å². The van der Waals surface area contributed by atoms with Crippen LogP contribution in [-0.2, 0) is 14.3 Å². The van der Waals surface area contributed by atoms with Crippen LogP contribution in [0.25, 0.3) is 0 Å². The smallest absolute Gasteiger partial charge is 0.291 e. The van der Waals surface area contributed by atoms with Gasteiger partial charge < -0.3 is 24.2 Å². The number of rotatable bonds is 9. The van der Waals surface area contributed by atoms with E-state index in [2.05, 4.69) is 4.90 Å². The van der Waals surface area contributed by atoms with Crippen LogP contribution in [-0.4, -0.2) is 86.0 Å². The van der Waals surface area contributed by atoms with Crippen molar-refractivity contribution in [2.75, 3.05) is 53.6 Å². The van der Waals surface area contributed by atoms with Gasteiger partial charge >= 0.3 is 0 Å². The van der Waals surface area contributed by atoms with Crippen molar-refractivity contribution in [2.24, 2.45) is 5.92 Å². The lowest BCUT2D eigenvalue weighted by Gasteiger charge is -2.30. The average Bonchev–Trinajstić information content (AvgIpc) is 3.14. The number of ether oxygens (including phenoxy) is 3. The van der Waals surface area contributed by atoms with E-state index in [-0.39, 0.29) is 11.5 Å². The first kappa shape index (κ1) is 25.7. The van der Waals surface area contributed by atoms with E-state index in [1.165, 1.54) is 18.1 Å². The summed E-state index contributed by atoms with van der Waals surface area (Å²) in [6.45, 7) is 5.89. The van der Waals surface area contributed by atoms with Gasteiger partial charge in [0.25, 0.3) is 5.91 Å². The maximum Gasteiger partial charge on any atom is 0.291 e. The fourth-order valence-corrected chi connectivity index (χ4v) is 4.98. The van der Waals surface area contributed by atoms with Crippen LogP contribution < -0.4 is 9.47 Å². The molecule has 0 aliphatic carbocycles. The highest BCUT2D eigenvalue weighted by atomic mass is 16.5. The molecule has 0 saturated carbocycles. The minimum atomic E-state index is -1.21. The summed E-state index contributed by atoms with van der Waals surface area (Å²) in [4.78, 5) is 43.9.